The molecule has 4 rings (SSSR count). The van der Waals surface area contributed by atoms with Crippen LogP contribution in [0.1, 0.15) is 47.7 Å². The second kappa shape index (κ2) is 6.71. The summed E-state index contributed by atoms with van der Waals surface area (Å²) in [5, 5.41) is 19.1. The lowest BCUT2D eigenvalue weighted by molar-refractivity contribution is -0.00552. The van der Waals surface area contributed by atoms with Crippen molar-refractivity contribution in [3.05, 3.63) is 71.3 Å². The van der Waals surface area contributed by atoms with Crippen molar-refractivity contribution < 1.29 is 19.7 Å². The lowest BCUT2D eigenvalue weighted by Gasteiger charge is -2.35. The molecule has 138 valence electrons. The van der Waals surface area contributed by atoms with Crippen LogP contribution in [0, 0.1) is 0 Å². The Labute approximate surface area is 158 Å². The van der Waals surface area contributed by atoms with Crippen LogP contribution in [0.3, 0.4) is 0 Å². The zero-order chi connectivity index (χ0) is 19.0. The van der Waals surface area contributed by atoms with E-state index in [1.807, 2.05) is 37.3 Å². The van der Waals surface area contributed by atoms with Gasteiger partial charge in [-0.25, -0.2) is 0 Å². The van der Waals surface area contributed by atoms with Crippen molar-refractivity contribution in [1.82, 2.24) is 0 Å². The molecule has 0 bridgehead atoms. The van der Waals surface area contributed by atoms with Crippen LogP contribution in [0.4, 0.5) is 0 Å². The number of phenols is 1. The van der Waals surface area contributed by atoms with E-state index in [4.69, 9.17) is 4.74 Å². The molecule has 0 saturated heterocycles. The third kappa shape index (κ3) is 3.17. The summed E-state index contributed by atoms with van der Waals surface area (Å²) in [6.45, 7) is 1.75. The number of aromatic hydroxyl groups is 1. The highest BCUT2D eigenvalue weighted by Gasteiger charge is 2.38. The predicted octanol–water partition coefficient (Wildman–Crippen LogP) is 4.37. The number of allylic oxidation sites excluding steroid dienone is 4. The highest BCUT2D eigenvalue weighted by atomic mass is 16.5. The van der Waals surface area contributed by atoms with E-state index < -0.39 is 5.60 Å². The molecule has 1 aliphatic heterocycles. The highest BCUT2D eigenvalue weighted by molar-refractivity contribution is 6.01. The molecular formula is C23H22O4. The van der Waals surface area contributed by atoms with Gasteiger partial charge < -0.3 is 14.9 Å². The maximum atomic E-state index is 12.7. The summed E-state index contributed by atoms with van der Waals surface area (Å²) in [5.41, 5.74) is 4.09. The molecule has 1 atom stereocenters. The number of hydrogen-bond acceptors (Lipinski definition) is 4. The minimum atomic E-state index is -0.800. The van der Waals surface area contributed by atoms with E-state index in [0.29, 0.717) is 17.7 Å². The summed E-state index contributed by atoms with van der Waals surface area (Å²) in [7, 11) is 0. The lowest BCUT2D eigenvalue weighted by Crippen LogP contribution is -2.44. The average Bonchev–Trinajstić information content (AvgIpc) is 3.18. The maximum Gasteiger partial charge on any atom is 0.170 e. The quantitative estimate of drug-likeness (QED) is 0.848. The number of ether oxygens (including phenoxy) is 1. The smallest absolute Gasteiger partial charge is 0.170 e. The first-order valence-corrected chi connectivity index (χ1v) is 9.21. The third-order valence-corrected chi connectivity index (χ3v) is 5.46. The first kappa shape index (κ1) is 17.6. The summed E-state index contributed by atoms with van der Waals surface area (Å²) in [5.74, 6) is 0.816. The maximum absolute atomic E-state index is 12.7. The number of ketones is 1. The molecular weight excluding hydrogens is 340 g/mol. The highest BCUT2D eigenvalue weighted by Crippen LogP contribution is 2.39. The molecule has 27 heavy (non-hydrogen) atoms. The van der Waals surface area contributed by atoms with E-state index >= 15 is 0 Å². The fourth-order valence-corrected chi connectivity index (χ4v) is 3.67. The Morgan fingerprint density at radius 1 is 1.11 bits per heavy atom. The van der Waals surface area contributed by atoms with Gasteiger partial charge in [-0.05, 0) is 59.4 Å². The molecule has 1 heterocycles. The van der Waals surface area contributed by atoms with E-state index in [9.17, 15) is 15.0 Å². The Balaban J connectivity index is 1.62. The molecule has 2 aromatic carbocycles. The van der Waals surface area contributed by atoms with Crippen molar-refractivity contribution in [2.75, 3.05) is 6.61 Å². The minimum Gasteiger partial charge on any atom is -0.508 e. The molecule has 0 amide bonds. The summed E-state index contributed by atoms with van der Waals surface area (Å²) in [6, 6.07) is 12.8. The third-order valence-electron chi connectivity index (χ3n) is 5.46. The Morgan fingerprint density at radius 3 is 2.56 bits per heavy atom. The van der Waals surface area contributed by atoms with Crippen LogP contribution in [0.5, 0.6) is 11.5 Å². The van der Waals surface area contributed by atoms with Crippen molar-refractivity contribution in [2.24, 2.45) is 0 Å². The Bertz CT molecular complexity index is 947. The van der Waals surface area contributed by atoms with Gasteiger partial charge in [0.1, 0.15) is 17.1 Å². The van der Waals surface area contributed by atoms with Gasteiger partial charge in [-0.2, -0.15) is 0 Å². The van der Waals surface area contributed by atoms with Gasteiger partial charge in [-0.3, -0.25) is 4.79 Å². The molecule has 1 unspecified atom stereocenters. The number of aliphatic hydroxyl groups is 1. The van der Waals surface area contributed by atoms with Gasteiger partial charge in [-0.15, -0.1) is 0 Å². The number of carbonyl (C=O) groups excluding carboxylic acids is 1. The van der Waals surface area contributed by atoms with E-state index in [-0.39, 0.29) is 24.6 Å². The number of fused-ring (bicyclic) bond motifs is 1. The zero-order valence-corrected chi connectivity index (χ0v) is 15.2. The molecule has 4 nitrogen and oxygen atoms in total. The molecule has 0 fully saturated rings. The number of phenolic OH excluding ortho intramolecular Hbond substituents is 1. The van der Waals surface area contributed by atoms with E-state index in [0.717, 1.165) is 28.7 Å². The van der Waals surface area contributed by atoms with Crippen LogP contribution >= 0.6 is 0 Å². The average molecular weight is 362 g/mol. The lowest BCUT2D eigenvalue weighted by atomic mass is 9.87. The zero-order valence-electron chi connectivity index (χ0n) is 15.2. The fraction of sp³-hybridized carbons (Fsp3) is 0.261. The number of rotatable bonds is 4. The number of benzene rings is 2. The van der Waals surface area contributed by atoms with Crippen molar-refractivity contribution in [3.8, 4) is 11.5 Å². The number of Topliss-reactive ketones (excluding diaryl/α,β-unsaturated/α-hetero) is 1. The monoisotopic (exact) mass is 362 g/mol. The summed E-state index contributed by atoms with van der Waals surface area (Å²) in [6.07, 6.45) is 5.84. The largest absolute Gasteiger partial charge is 0.508 e. The van der Waals surface area contributed by atoms with Gasteiger partial charge in [0.25, 0.3) is 0 Å². The minimum absolute atomic E-state index is 0.0133. The molecule has 1 aliphatic carbocycles. The second-order valence-electron chi connectivity index (χ2n) is 7.19. The van der Waals surface area contributed by atoms with Crippen molar-refractivity contribution in [1.29, 1.82) is 0 Å². The van der Waals surface area contributed by atoms with Crippen molar-refractivity contribution >= 4 is 16.9 Å². The van der Waals surface area contributed by atoms with Crippen LogP contribution in [-0.4, -0.2) is 28.2 Å². The molecule has 2 aromatic rings. The summed E-state index contributed by atoms with van der Waals surface area (Å²) < 4.78 is 5.98. The topological polar surface area (TPSA) is 66.8 Å². The van der Waals surface area contributed by atoms with Crippen molar-refractivity contribution in [3.63, 3.8) is 0 Å². The number of aliphatic hydroxyl groups excluding tert-OH is 1. The van der Waals surface area contributed by atoms with Gasteiger partial charge >= 0.3 is 0 Å². The standard InChI is InChI=1S/C23H22O4/c1-2-23(14-24)13-21(26)20-12-18(7-10-22(20)27-23)17-4-3-16(11-17)15-5-8-19(25)9-6-15/h3,5-12,24-25H,2,4,13-14H2,1H3. The summed E-state index contributed by atoms with van der Waals surface area (Å²) in [4.78, 5) is 12.7. The fourth-order valence-electron chi connectivity index (χ4n) is 3.67. The van der Waals surface area contributed by atoms with Gasteiger partial charge in [0.15, 0.2) is 5.78 Å². The van der Waals surface area contributed by atoms with Gasteiger partial charge in [0, 0.05) is 0 Å². The Kier molecular flexibility index (Phi) is 4.36. The molecule has 0 radical (unpaired) electrons. The van der Waals surface area contributed by atoms with E-state index in [1.54, 1.807) is 12.1 Å². The van der Waals surface area contributed by atoms with Gasteiger partial charge in [0.2, 0.25) is 0 Å². The molecule has 2 aliphatic rings. The van der Waals surface area contributed by atoms with Crippen LogP contribution < -0.4 is 4.74 Å². The molecule has 4 heteroatoms. The Morgan fingerprint density at radius 2 is 1.85 bits per heavy atom. The summed E-state index contributed by atoms with van der Waals surface area (Å²) >= 11 is 0. The predicted molar refractivity (Wildman–Crippen MR) is 105 cm³/mol. The van der Waals surface area contributed by atoms with Gasteiger partial charge in [0.05, 0.1) is 18.6 Å². The Hall–Kier alpha value is -2.85. The first-order chi connectivity index (χ1) is 13.0. The van der Waals surface area contributed by atoms with Crippen LogP contribution in [0.25, 0.3) is 11.1 Å². The second-order valence-corrected chi connectivity index (χ2v) is 7.19. The van der Waals surface area contributed by atoms with Crippen LogP contribution in [0.15, 0.2) is 54.6 Å². The molecule has 0 saturated carbocycles. The van der Waals surface area contributed by atoms with Crippen LogP contribution in [-0.2, 0) is 0 Å². The molecule has 0 spiro atoms. The van der Waals surface area contributed by atoms with E-state index in [2.05, 4.69) is 12.2 Å². The normalized spacial score (nSPS) is 21.3. The first-order valence-electron chi connectivity index (χ1n) is 9.21. The number of hydrogen-bond donors (Lipinski definition) is 2. The van der Waals surface area contributed by atoms with E-state index in [1.165, 1.54) is 0 Å². The SMILES string of the molecule is CCC1(CO)CC(=O)c2cc(C3=CC(c4ccc(O)cc4)=CC3)ccc2O1. The van der Waals surface area contributed by atoms with Crippen LogP contribution in [0.2, 0.25) is 0 Å². The number of carbonyl (C=O) groups is 1. The van der Waals surface area contributed by atoms with Crippen molar-refractivity contribution in [2.45, 2.75) is 31.8 Å². The molecule has 2 N–H and O–H groups in total. The molecule has 0 aromatic heterocycles. The van der Waals surface area contributed by atoms with Gasteiger partial charge in [-0.1, -0.05) is 37.3 Å².